The van der Waals surface area contributed by atoms with E-state index in [0.717, 1.165) is 32.6 Å². The minimum Gasteiger partial charge on any atom is -0.491 e. The molecule has 10 heteroatoms. The average Bonchev–Trinajstić information content (AvgIpc) is 3.38. The molecule has 2 aromatic carbocycles. The summed E-state index contributed by atoms with van der Waals surface area (Å²) in [6.45, 7) is 1.49. The first-order valence-electron chi connectivity index (χ1n) is 11.3. The van der Waals surface area contributed by atoms with E-state index in [1.807, 2.05) is 66.0 Å². The summed E-state index contributed by atoms with van der Waals surface area (Å²) in [5.41, 5.74) is 8.36. The third-order valence-corrected chi connectivity index (χ3v) is 6.39. The number of nitrogens with one attached hydrogen (secondary N) is 2. The third kappa shape index (κ3) is 5.19. The molecule has 4 N–H and O–H groups in total. The maximum absolute atomic E-state index is 12.9. The number of anilines is 3. The molecule has 0 aliphatic carbocycles. The van der Waals surface area contributed by atoms with Crippen LogP contribution in [0.3, 0.4) is 0 Å². The Kier molecular flexibility index (Phi) is 6.87. The lowest BCUT2D eigenvalue weighted by molar-refractivity contribution is 0.101. The maximum atomic E-state index is 12.9. The van der Waals surface area contributed by atoms with Gasteiger partial charge in [0.2, 0.25) is 5.82 Å². The lowest BCUT2D eigenvalue weighted by Gasteiger charge is -2.12. The van der Waals surface area contributed by atoms with Crippen molar-refractivity contribution in [3.63, 3.8) is 0 Å². The number of pyridine rings is 1. The van der Waals surface area contributed by atoms with Gasteiger partial charge >= 0.3 is 0 Å². The fourth-order valence-corrected chi connectivity index (χ4v) is 4.46. The van der Waals surface area contributed by atoms with Crippen LogP contribution in [0.15, 0.2) is 66.0 Å². The molecule has 182 valence electrons. The average molecular weight is 501 g/mol. The quantitative estimate of drug-likeness (QED) is 0.249. The number of fused-ring (bicyclic) bond motifs is 2. The summed E-state index contributed by atoms with van der Waals surface area (Å²) in [6.07, 6.45) is 0. The Morgan fingerprint density at radius 2 is 1.86 bits per heavy atom. The SMILES string of the molecule is COCCOc1ccc(NCc2nc(NC(=O)c3nc(N)c4sccc4n3)cc3ccccc23)cc1. The largest absolute Gasteiger partial charge is 0.491 e. The number of ether oxygens (including phenoxy) is 2. The normalized spacial score (nSPS) is 11.0. The molecule has 36 heavy (non-hydrogen) atoms. The van der Waals surface area contributed by atoms with Crippen LogP contribution in [0.25, 0.3) is 21.0 Å². The van der Waals surface area contributed by atoms with Crippen molar-refractivity contribution >= 4 is 55.6 Å². The van der Waals surface area contributed by atoms with Crippen molar-refractivity contribution in [3.8, 4) is 5.75 Å². The number of methoxy groups -OCH3 is 1. The van der Waals surface area contributed by atoms with E-state index in [1.54, 1.807) is 7.11 Å². The van der Waals surface area contributed by atoms with Gasteiger partial charge in [-0.15, -0.1) is 11.3 Å². The highest BCUT2D eigenvalue weighted by atomic mass is 32.1. The van der Waals surface area contributed by atoms with Gasteiger partial charge in [-0.3, -0.25) is 4.79 Å². The minimum atomic E-state index is -0.472. The van der Waals surface area contributed by atoms with E-state index in [0.29, 0.717) is 31.1 Å². The number of nitrogens with zero attached hydrogens (tertiary/aromatic N) is 3. The molecule has 0 saturated carbocycles. The van der Waals surface area contributed by atoms with Crippen LogP contribution in [-0.2, 0) is 11.3 Å². The Bertz CT molecular complexity index is 1520. The summed E-state index contributed by atoms with van der Waals surface area (Å²) in [7, 11) is 1.64. The van der Waals surface area contributed by atoms with Gasteiger partial charge < -0.3 is 25.8 Å². The Morgan fingerprint density at radius 1 is 1.03 bits per heavy atom. The molecule has 0 aliphatic rings. The van der Waals surface area contributed by atoms with Crippen LogP contribution in [0, 0.1) is 0 Å². The van der Waals surface area contributed by atoms with Gasteiger partial charge in [0.05, 0.1) is 29.1 Å². The molecule has 0 spiro atoms. The summed E-state index contributed by atoms with van der Waals surface area (Å²) in [6, 6.07) is 19.2. The number of benzene rings is 2. The van der Waals surface area contributed by atoms with E-state index in [4.69, 9.17) is 20.2 Å². The van der Waals surface area contributed by atoms with Gasteiger partial charge in [0.25, 0.3) is 5.91 Å². The van der Waals surface area contributed by atoms with Crippen molar-refractivity contribution in [2.24, 2.45) is 0 Å². The summed E-state index contributed by atoms with van der Waals surface area (Å²) in [4.78, 5) is 26.1. The first-order valence-corrected chi connectivity index (χ1v) is 12.1. The lowest BCUT2D eigenvalue weighted by atomic mass is 10.1. The van der Waals surface area contributed by atoms with Crippen molar-refractivity contribution in [1.29, 1.82) is 0 Å². The maximum Gasteiger partial charge on any atom is 0.294 e. The van der Waals surface area contributed by atoms with E-state index in [1.165, 1.54) is 11.3 Å². The molecule has 1 amide bonds. The number of nitrogen functional groups attached to an aromatic ring is 1. The van der Waals surface area contributed by atoms with E-state index in [-0.39, 0.29) is 11.6 Å². The third-order valence-electron chi connectivity index (χ3n) is 5.46. The van der Waals surface area contributed by atoms with Crippen LogP contribution in [-0.4, -0.2) is 41.2 Å². The number of hydrogen-bond acceptors (Lipinski definition) is 9. The second kappa shape index (κ2) is 10.5. The number of thiophene rings is 1. The summed E-state index contributed by atoms with van der Waals surface area (Å²) < 4.78 is 11.4. The van der Waals surface area contributed by atoms with Crippen LogP contribution >= 0.6 is 11.3 Å². The van der Waals surface area contributed by atoms with Crippen molar-refractivity contribution in [3.05, 3.63) is 77.6 Å². The van der Waals surface area contributed by atoms with Crippen molar-refractivity contribution in [2.75, 3.05) is 36.7 Å². The summed E-state index contributed by atoms with van der Waals surface area (Å²) in [5.74, 6) is 0.993. The highest BCUT2D eigenvalue weighted by Gasteiger charge is 2.15. The topological polar surface area (TPSA) is 124 Å². The van der Waals surface area contributed by atoms with E-state index < -0.39 is 5.91 Å². The van der Waals surface area contributed by atoms with Crippen LogP contribution in [0.1, 0.15) is 16.3 Å². The molecule has 0 fully saturated rings. The number of amides is 1. The number of carbonyl (C=O) groups is 1. The standard InChI is InChI=1S/C26H24N6O3S/c1-34-11-12-35-18-8-6-17(7-9-18)28-15-21-19-5-3-2-4-16(19)14-22(29-21)31-26(33)25-30-20-10-13-36-23(20)24(27)32-25/h2-10,13-14,28H,11-12,15H2,1H3,(H2,27,30,32)(H,29,31,33). The van der Waals surface area contributed by atoms with Crippen LogP contribution in [0.5, 0.6) is 5.75 Å². The fraction of sp³-hybridized carbons (Fsp3) is 0.154. The second-order valence-electron chi connectivity index (χ2n) is 7.92. The monoisotopic (exact) mass is 500 g/mol. The molecular formula is C26H24N6O3S. The Hall–Kier alpha value is -4.28. The molecule has 0 saturated heterocycles. The smallest absolute Gasteiger partial charge is 0.294 e. The molecule has 0 bridgehead atoms. The number of aromatic nitrogens is 3. The first kappa shape index (κ1) is 23.5. The Balaban J connectivity index is 1.34. The zero-order valence-corrected chi connectivity index (χ0v) is 20.3. The van der Waals surface area contributed by atoms with E-state index >= 15 is 0 Å². The van der Waals surface area contributed by atoms with Crippen molar-refractivity contribution < 1.29 is 14.3 Å². The molecule has 9 nitrogen and oxygen atoms in total. The van der Waals surface area contributed by atoms with Gasteiger partial charge in [-0.1, -0.05) is 24.3 Å². The van der Waals surface area contributed by atoms with E-state index in [9.17, 15) is 4.79 Å². The highest BCUT2D eigenvalue weighted by molar-refractivity contribution is 7.17. The molecule has 5 rings (SSSR count). The molecule has 5 aromatic rings. The molecule has 0 aliphatic heterocycles. The van der Waals surface area contributed by atoms with Crippen LogP contribution in [0.4, 0.5) is 17.3 Å². The Labute approximate surface area is 211 Å². The predicted octanol–water partition coefficient (Wildman–Crippen LogP) is 4.71. The number of carbonyl (C=O) groups excluding carboxylic acids is 1. The first-order chi connectivity index (χ1) is 17.6. The lowest BCUT2D eigenvalue weighted by Crippen LogP contribution is -2.18. The van der Waals surface area contributed by atoms with Gasteiger partial charge in [0, 0.05) is 18.2 Å². The highest BCUT2D eigenvalue weighted by Crippen LogP contribution is 2.25. The zero-order valence-electron chi connectivity index (χ0n) is 19.5. The molecule has 3 aromatic heterocycles. The van der Waals surface area contributed by atoms with Gasteiger partial charge in [-0.2, -0.15) is 0 Å². The number of rotatable bonds is 9. The van der Waals surface area contributed by atoms with Gasteiger partial charge in [0.1, 0.15) is 24.0 Å². The second-order valence-corrected chi connectivity index (χ2v) is 8.83. The Morgan fingerprint density at radius 3 is 2.69 bits per heavy atom. The minimum absolute atomic E-state index is 0.000779. The number of hydrogen-bond donors (Lipinski definition) is 3. The van der Waals surface area contributed by atoms with Crippen molar-refractivity contribution in [2.45, 2.75) is 6.54 Å². The van der Waals surface area contributed by atoms with Gasteiger partial charge in [-0.25, -0.2) is 15.0 Å². The molecular weight excluding hydrogens is 476 g/mol. The molecule has 0 unspecified atom stereocenters. The van der Waals surface area contributed by atoms with E-state index in [2.05, 4.69) is 20.6 Å². The molecule has 3 heterocycles. The summed E-state index contributed by atoms with van der Waals surface area (Å²) in [5, 5.41) is 10.0. The molecule has 0 radical (unpaired) electrons. The summed E-state index contributed by atoms with van der Waals surface area (Å²) >= 11 is 1.44. The van der Waals surface area contributed by atoms with Crippen LogP contribution < -0.4 is 21.1 Å². The van der Waals surface area contributed by atoms with Crippen molar-refractivity contribution in [1.82, 2.24) is 15.0 Å². The predicted molar refractivity (Wildman–Crippen MR) is 143 cm³/mol. The molecule has 0 atom stereocenters. The fourth-order valence-electron chi connectivity index (χ4n) is 3.73. The van der Waals surface area contributed by atoms with Gasteiger partial charge in [0.15, 0.2) is 0 Å². The van der Waals surface area contributed by atoms with Gasteiger partial charge in [-0.05, 0) is 47.2 Å². The zero-order chi connectivity index (χ0) is 24.9. The van der Waals surface area contributed by atoms with Crippen LogP contribution in [0.2, 0.25) is 0 Å². The number of nitrogens with two attached hydrogens (primary N) is 1.